The summed E-state index contributed by atoms with van der Waals surface area (Å²) in [5.74, 6) is -0.813. The van der Waals surface area contributed by atoms with E-state index in [-0.39, 0.29) is 12.5 Å². The fourth-order valence-electron chi connectivity index (χ4n) is 1.85. The maximum atomic E-state index is 10.9. The Morgan fingerprint density at radius 3 is 2.11 bits per heavy atom. The summed E-state index contributed by atoms with van der Waals surface area (Å²) in [6.45, 7) is 0. The van der Waals surface area contributed by atoms with Crippen LogP contribution in [-0.2, 0) is 4.79 Å². The fourth-order valence-corrected chi connectivity index (χ4v) is 1.85. The van der Waals surface area contributed by atoms with E-state index in [0.717, 1.165) is 11.3 Å². The molecule has 0 fully saturated rings. The van der Waals surface area contributed by atoms with Crippen molar-refractivity contribution in [2.45, 2.75) is 12.5 Å². The highest BCUT2D eigenvalue weighted by molar-refractivity contribution is 5.69. The molecule has 0 aliphatic rings. The van der Waals surface area contributed by atoms with Crippen LogP contribution >= 0.6 is 0 Å². The van der Waals surface area contributed by atoms with Crippen LogP contribution in [0.25, 0.3) is 0 Å². The van der Waals surface area contributed by atoms with Crippen LogP contribution in [0.4, 0.5) is 5.69 Å². The molecule has 0 aliphatic carbocycles. The van der Waals surface area contributed by atoms with Gasteiger partial charge in [0, 0.05) is 5.69 Å². The van der Waals surface area contributed by atoms with Crippen LogP contribution in [0.1, 0.15) is 18.0 Å². The second kappa shape index (κ2) is 5.87. The Hall–Kier alpha value is -2.29. The molecule has 18 heavy (non-hydrogen) atoms. The van der Waals surface area contributed by atoms with Crippen LogP contribution in [0.5, 0.6) is 0 Å². The third-order valence-electron chi connectivity index (χ3n) is 2.70. The van der Waals surface area contributed by atoms with E-state index in [9.17, 15) is 4.79 Å². The summed E-state index contributed by atoms with van der Waals surface area (Å²) in [5, 5.41) is 12.2. The summed E-state index contributed by atoms with van der Waals surface area (Å²) >= 11 is 0. The van der Waals surface area contributed by atoms with E-state index >= 15 is 0 Å². The van der Waals surface area contributed by atoms with Gasteiger partial charge in [0.25, 0.3) is 0 Å². The third-order valence-corrected chi connectivity index (χ3v) is 2.70. The topological polar surface area (TPSA) is 49.3 Å². The molecular formula is C15H15NO2. The Balaban J connectivity index is 2.18. The third kappa shape index (κ3) is 3.35. The Kier molecular flexibility index (Phi) is 3.97. The molecule has 0 saturated heterocycles. The fraction of sp³-hybridized carbons (Fsp3) is 0.133. The molecule has 0 unspecified atom stereocenters. The molecule has 3 heteroatoms. The average molecular weight is 241 g/mol. The highest BCUT2D eigenvalue weighted by Gasteiger charge is 2.14. The highest BCUT2D eigenvalue weighted by Crippen LogP contribution is 2.22. The second-order valence-corrected chi connectivity index (χ2v) is 4.07. The van der Waals surface area contributed by atoms with E-state index in [1.165, 1.54) is 0 Å². The molecule has 2 aromatic rings. The lowest BCUT2D eigenvalue weighted by molar-refractivity contribution is -0.137. The maximum absolute atomic E-state index is 10.9. The zero-order valence-electron chi connectivity index (χ0n) is 9.91. The molecule has 0 radical (unpaired) electrons. The molecule has 2 N–H and O–H groups in total. The number of nitrogens with one attached hydrogen (secondary N) is 1. The SMILES string of the molecule is O=C(O)C[C@H](Nc1ccccc1)c1ccccc1. The molecule has 0 aliphatic heterocycles. The monoisotopic (exact) mass is 241 g/mol. The van der Waals surface area contributed by atoms with Crippen LogP contribution in [0, 0.1) is 0 Å². The zero-order chi connectivity index (χ0) is 12.8. The number of aliphatic carboxylic acids is 1. The van der Waals surface area contributed by atoms with Gasteiger partial charge in [0.2, 0.25) is 0 Å². The predicted octanol–water partition coefficient (Wildman–Crippen LogP) is 3.31. The lowest BCUT2D eigenvalue weighted by Gasteiger charge is -2.18. The largest absolute Gasteiger partial charge is 0.481 e. The van der Waals surface area contributed by atoms with Crippen molar-refractivity contribution in [2.24, 2.45) is 0 Å². The Bertz CT molecular complexity index is 496. The maximum Gasteiger partial charge on any atom is 0.305 e. The highest BCUT2D eigenvalue weighted by atomic mass is 16.4. The van der Waals surface area contributed by atoms with Crippen molar-refractivity contribution in [3.63, 3.8) is 0 Å². The van der Waals surface area contributed by atoms with Crippen molar-refractivity contribution in [2.75, 3.05) is 5.32 Å². The molecule has 92 valence electrons. The van der Waals surface area contributed by atoms with Gasteiger partial charge in [-0.1, -0.05) is 48.5 Å². The molecule has 2 aromatic carbocycles. The van der Waals surface area contributed by atoms with Gasteiger partial charge >= 0.3 is 5.97 Å². The molecular weight excluding hydrogens is 226 g/mol. The van der Waals surface area contributed by atoms with Crippen molar-refractivity contribution in [3.05, 3.63) is 66.2 Å². The summed E-state index contributed by atoms with van der Waals surface area (Å²) < 4.78 is 0. The summed E-state index contributed by atoms with van der Waals surface area (Å²) in [6, 6.07) is 19.0. The minimum Gasteiger partial charge on any atom is -0.481 e. The number of carboxylic acid groups (broad SMARTS) is 1. The first kappa shape index (κ1) is 12.2. The summed E-state index contributed by atoms with van der Waals surface area (Å²) in [4.78, 5) is 10.9. The van der Waals surface area contributed by atoms with Gasteiger partial charge in [-0.15, -0.1) is 0 Å². The minimum absolute atomic E-state index is 0.0545. The molecule has 0 heterocycles. The summed E-state index contributed by atoms with van der Waals surface area (Å²) in [5.41, 5.74) is 1.90. The van der Waals surface area contributed by atoms with Gasteiger partial charge in [0.15, 0.2) is 0 Å². The molecule has 0 aromatic heterocycles. The molecule has 0 spiro atoms. The smallest absolute Gasteiger partial charge is 0.305 e. The zero-order valence-corrected chi connectivity index (χ0v) is 9.91. The van der Waals surface area contributed by atoms with Crippen LogP contribution in [0.2, 0.25) is 0 Å². The first-order valence-electron chi connectivity index (χ1n) is 5.84. The number of hydrogen-bond acceptors (Lipinski definition) is 2. The van der Waals surface area contributed by atoms with Crippen molar-refractivity contribution >= 4 is 11.7 Å². The molecule has 0 bridgehead atoms. The van der Waals surface area contributed by atoms with Gasteiger partial charge in [0.05, 0.1) is 12.5 Å². The summed E-state index contributed by atoms with van der Waals surface area (Å²) in [6.07, 6.45) is 0.0545. The number of para-hydroxylation sites is 1. The normalized spacial score (nSPS) is 11.8. The van der Waals surface area contributed by atoms with Gasteiger partial charge in [-0.25, -0.2) is 0 Å². The van der Waals surface area contributed by atoms with Gasteiger partial charge in [-0.05, 0) is 17.7 Å². The van der Waals surface area contributed by atoms with E-state index in [2.05, 4.69) is 5.32 Å². The Labute approximate surface area is 106 Å². The average Bonchev–Trinajstić information content (AvgIpc) is 2.40. The predicted molar refractivity (Wildman–Crippen MR) is 71.5 cm³/mol. The number of carbonyl (C=O) groups is 1. The van der Waals surface area contributed by atoms with Gasteiger partial charge in [-0.2, -0.15) is 0 Å². The van der Waals surface area contributed by atoms with E-state index in [1.807, 2.05) is 60.7 Å². The number of anilines is 1. The number of hydrogen-bond donors (Lipinski definition) is 2. The van der Waals surface area contributed by atoms with Crippen LogP contribution < -0.4 is 5.32 Å². The van der Waals surface area contributed by atoms with Crippen molar-refractivity contribution in [1.29, 1.82) is 0 Å². The molecule has 0 amide bonds. The van der Waals surface area contributed by atoms with Gasteiger partial charge in [-0.3, -0.25) is 4.79 Å². The Morgan fingerprint density at radius 2 is 1.56 bits per heavy atom. The number of rotatable bonds is 5. The van der Waals surface area contributed by atoms with Crippen molar-refractivity contribution in [1.82, 2.24) is 0 Å². The minimum atomic E-state index is -0.813. The van der Waals surface area contributed by atoms with Crippen LogP contribution in [-0.4, -0.2) is 11.1 Å². The molecule has 3 nitrogen and oxygen atoms in total. The van der Waals surface area contributed by atoms with E-state index in [0.29, 0.717) is 0 Å². The quantitative estimate of drug-likeness (QED) is 0.844. The lowest BCUT2D eigenvalue weighted by atomic mass is 10.0. The van der Waals surface area contributed by atoms with Gasteiger partial charge in [0.1, 0.15) is 0 Å². The first-order valence-corrected chi connectivity index (χ1v) is 5.84. The van der Waals surface area contributed by atoms with Gasteiger partial charge < -0.3 is 10.4 Å². The lowest BCUT2D eigenvalue weighted by Crippen LogP contribution is -2.15. The molecule has 2 rings (SSSR count). The van der Waals surface area contributed by atoms with E-state index in [1.54, 1.807) is 0 Å². The van der Waals surface area contributed by atoms with Crippen LogP contribution in [0.3, 0.4) is 0 Å². The summed E-state index contributed by atoms with van der Waals surface area (Å²) in [7, 11) is 0. The first-order chi connectivity index (χ1) is 8.75. The Morgan fingerprint density at radius 1 is 1.00 bits per heavy atom. The number of benzene rings is 2. The number of carboxylic acids is 1. The second-order valence-electron chi connectivity index (χ2n) is 4.07. The van der Waals surface area contributed by atoms with Crippen molar-refractivity contribution < 1.29 is 9.90 Å². The molecule has 0 saturated carbocycles. The standard InChI is InChI=1S/C15H15NO2/c17-15(18)11-14(12-7-3-1-4-8-12)16-13-9-5-2-6-10-13/h1-10,14,16H,11H2,(H,17,18)/t14-/m0/s1. The molecule has 1 atom stereocenters. The van der Waals surface area contributed by atoms with Crippen molar-refractivity contribution in [3.8, 4) is 0 Å². The van der Waals surface area contributed by atoms with Crippen LogP contribution in [0.15, 0.2) is 60.7 Å². The van der Waals surface area contributed by atoms with E-state index < -0.39 is 5.97 Å². The van der Waals surface area contributed by atoms with E-state index in [4.69, 9.17) is 5.11 Å².